The van der Waals surface area contributed by atoms with Crippen LogP contribution in [0.25, 0.3) is 0 Å². The Balaban J connectivity index is 2.10. The zero-order chi connectivity index (χ0) is 13.0. The summed E-state index contributed by atoms with van der Waals surface area (Å²) in [5.41, 5.74) is 1.11. The third-order valence-electron chi connectivity index (χ3n) is 2.45. The van der Waals surface area contributed by atoms with Gasteiger partial charge in [0.2, 0.25) is 0 Å². The van der Waals surface area contributed by atoms with E-state index in [9.17, 15) is 9.90 Å². The molecule has 0 fully saturated rings. The number of hydrogen-bond acceptors (Lipinski definition) is 2. The van der Waals surface area contributed by atoms with Crippen LogP contribution in [-0.4, -0.2) is 11.0 Å². The minimum atomic E-state index is -1.23. The number of aliphatic hydroxyl groups excluding tert-OH is 1. The van der Waals surface area contributed by atoms with Gasteiger partial charge >= 0.3 is 0 Å². The molecule has 18 heavy (non-hydrogen) atoms. The molecule has 3 nitrogen and oxygen atoms in total. The number of carbonyl (C=O) groups is 1. The van der Waals surface area contributed by atoms with Crippen molar-refractivity contribution in [2.24, 2.45) is 0 Å². The van der Waals surface area contributed by atoms with Crippen LogP contribution >= 0.6 is 11.6 Å². The SMILES string of the molecule is O=C(Nc1ccccc1)[C@@H](O)c1cccc(Cl)c1. The lowest BCUT2D eigenvalue weighted by molar-refractivity contribution is -0.124. The van der Waals surface area contributed by atoms with Crippen molar-refractivity contribution in [3.63, 3.8) is 0 Å². The number of carbonyl (C=O) groups excluding carboxylic acids is 1. The molecule has 0 aliphatic heterocycles. The maximum absolute atomic E-state index is 11.8. The number of amides is 1. The number of para-hydroxylation sites is 1. The monoisotopic (exact) mass is 261 g/mol. The van der Waals surface area contributed by atoms with E-state index in [1.807, 2.05) is 6.07 Å². The van der Waals surface area contributed by atoms with Crippen molar-refractivity contribution in [2.45, 2.75) is 6.10 Å². The van der Waals surface area contributed by atoms with Crippen LogP contribution in [0.1, 0.15) is 11.7 Å². The van der Waals surface area contributed by atoms with Gasteiger partial charge in [-0.2, -0.15) is 0 Å². The molecule has 0 spiro atoms. The standard InChI is InChI=1S/C14H12ClNO2/c15-11-6-4-5-10(9-11)13(17)14(18)16-12-7-2-1-3-8-12/h1-9,13,17H,(H,16,18)/t13-/m0/s1. The summed E-state index contributed by atoms with van der Waals surface area (Å²) >= 11 is 5.81. The summed E-state index contributed by atoms with van der Waals surface area (Å²) in [6.45, 7) is 0. The van der Waals surface area contributed by atoms with Crippen LogP contribution in [-0.2, 0) is 4.79 Å². The minimum absolute atomic E-state index is 0.468. The Labute approximate surface area is 110 Å². The van der Waals surface area contributed by atoms with Crippen molar-refractivity contribution in [3.05, 3.63) is 65.2 Å². The minimum Gasteiger partial charge on any atom is -0.378 e. The van der Waals surface area contributed by atoms with Crippen molar-refractivity contribution in [1.29, 1.82) is 0 Å². The normalized spacial score (nSPS) is 11.9. The van der Waals surface area contributed by atoms with Gasteiger partial charge < -0.3 is 10.4 Å². The second kappa shape index (κ2) is 5.67. The molecule has 2 aromatic carbocycles. The lowest BCUT2D eigenvalue weighted by atomic mass is 10.1. The summed E-state index contributed by atoms with van der Waals surface area (Å²) in [5.74, 6) is -0.483. The summed E-state index contributed by atoms with van der Waals surface area (Å²) in [7, 11) is 0. The van der Waals surface area contributed by atoms with Crippen molar-refractivity contribution in [2.75, 3.05) is 5.32 Å². The number of benzene rings is 2. The van der Waals surface area contributed by atoms with E-state index in [2.05, 4.69) is 5.32 Å². The Hall–Kier alpha value is -1.84. The lowest BCUT2D eigenvalue weighted by Crippen LogP contribution is -2.20. The van der Waals surface area contributed by atoms with Gasteiger partial charge in [0.1, 0.15) is 0 Å². The Morgan fingerprint density at radius 1 is 1.11 bits per heavy atom. The molecule has 0 bridgehead atoms. The van der Waals surface area contributed by atoms with Gasteiger partial charge in [-0.15, -0.1) is 0 Å². The molecule has 0 saturated carbocycles. The van der Waals surface area contributed by atoms with Gasteiger partial charge in [0.25, 0.3) is 5.91 Å². The molecule has 0 aliphatic rings. The Kier molecular flexibility index (Phi) is 3.97. The third kappa shape index (κ3) is 3.09. The van der Waals surface area contributed by atoms with Gasteiger partial charge in [0, 0.05) is 10.7 Å². The first-order valence-corrected chi connectivity index (χ1v) is 5.84. The number of hydrogen-bond donors (Lipinski definition) is 2. The quantitative estimate of drug-likeness (QED) is 0.892. The highest BCUT2D eigenvalue weighted by Crippen LogP contribution is 2.19. The van der Waals surface area contributed by atoms with Crippen molar-refractivity contribution >= 4 is 23.2 Å². The maximum Gasteiger partial charge on any atom is 0.257 e. The fourth-order valence-corrected chi connectivity index (χ4v) is 1.76. The number of nitrogens with one attached hydrogen (secondary N) is 1. The van der Waals surface area contributed by atoms with E-state index >= 15 is 0 Å². The van der Waals surface area contributed by atoms with Gasteiger partial charge in [-0.05, 0) is 29.8 Å². The molecule has 2 rings (SSSR count). The van der Waals surface area contributed by atoms with Crippen molar-refractivity contribution in [3.8, 4) is 0 Å². The van der Waals surface area contributed by atoms with E-state index in [1.165, 1.54) is 0 Å². The summed E-state index contributed by atoms with van der Waals surface area (Å²) < 4.78 is 0. The number of aliphatic hydroxyl groups is 1. The highest BCUT2D eigenvalue weighted by molar-refractivity contribution is 6.30. The summed E-state index contributed by atoms with van der Waals surface area (Å²) in [6, 6.07) is 15.6. The van der Waals surface area contributed by atoms with Crippen LogP contribution in [0.3, 0.4) is 0 Å². The predicted molar refractivity (Wildman–Crippen MR) is 71.5 cm³/mol. The summed E-state index contributed by atoms with van der Waals surface area (Å²) in [4.78, 5) is 11.8. The maximum atomic E-state index is 11.8. The smallest absolute Gasteiger partial charge is 0.257 e. The Morgan fingerprint density at radius 2 is 1.83 bits per heavy atom. The van der Waals surface area contributed by atoms with Crippen LogP contribution in [0.15, 0.2) is 54.6 Å². The van der Waals surface area contributed by atoms with Crippen molar-refractivity contribution in [1.82, 2.24) is 0 Å². The van der Waals surface area contributed by atoms with E-state index < -0.39 is 12.0 Å². The highest BCUT2D eigenvalue weighted by atomic mass is 35.5. The fourth-order valence-electron chi connectivity index (χ4n) is 1.56. The molecular weight excluding hydrogens is 250 g/mol. The van der Waals surface area contributed by atoms with Gasteiger partial charge in [0.15, 0.2) is 6.10 Å². The zero-order valence-electron chi connectivity index (χ0n) is 9.51. The van der Waals surface area contributed by atoms with E-state index in [1.54, 1.807) is 48.5 Å². The predicted octanol–water partition coefficient (Wildman–Crippen LogP) is 3.01. The molecule has 0 saturated heterocycles. The van der Waals surface area contributed by atoms with E-state index in [0.717, 1.165) is 0 Å². The molecule has 4 heteroatoms. The Bertz CT molecular complexity index is 543. The number of anilines is 1. The topological polar surface area (TPSA) is 49.3 Å². The molecule has 0 unspecified atom stereocenters. The highest BCUT2D eigenvalue weighted by Gasteiger charge is 2.17. The largest absolute Gasteiger partial charge is 0.378 e. The first kappa shape index (κ1) is 12.6. The average Bonchev–Trinajstić information content (AvgIpc) is 2.39. The molecule has 0 heterocycles. The van der Waals surface area contributed by atoms with Crippen LogP contribution in [0, 0.1) is 0 Å². The number of rotatable bonds is 3. The first-order chi connectivity index (χ1) is 8.66. The number of halogens is 1. The molecule has 1 atom stereocenters. The average molecular weight is 262 g/mol. The second-order valence-corrected chi connectivity index (χ2v) is 4.25. The molecule has 0 radical (unpaired) electrons. The van der Waals surface area contributed by atoms with E-state index in [0.29, 0.717) is 16.3 Å². The third-order valence-corrected chi connectivity index (χ3v) is 2.69. The van der Waals surface area contributed by atoms with Crippen LogP contribution < -0.4 is 5.32 Å². The van der Waals surface area contributed by atoms with Crippen molar-refractivity contribution < 1.29 is 9.90 Å². The Morgan fingerprint density at radius 3 is 2.50 bits per heavy atom. The van der Waals surface area contributed by atoms with Gasteiger partial charge in [0.05, 0.1) is 0 Å². The van der Waals surface area contributed by atoms with Gasteiger partial charge in [-0.3, -0.25) is 4.79 Å². The summed E-state index contributed by atoms with van der Waals surface area (Å²) in [6.07, 6.45) is -1.23. The molecule has 1 amide bonds. The molecule has 0 aromatic heterocycles. The molecule has 2 aromatic rings. The molecule has 92 valence electrons. The fraction of sp³-hybridized carbons (Fsp3) is 0.0714. The van der Waals surface area contributed by atoms with Crippen LogP contribution in [0.4, 0.5) is 5.69 Å². The van der Waals surface area contributed by atoms with E-state index in [-0.39, 0.29) is 0 Å². The van der Waals surface area contributed by atoms with Crippen LogP contribution in [0.5, 0.6) is 0 Å². The van der Waals surface area contributed by atoms with Crippen LogP contribution in [0.2, 0.25) is 5.02 Å². The lowest BCUT2D eigenvalue weighted by Gasteiger charge is -2.11. The molecule has 2 N–H and O–H groups in total. The molecular formula is C14H12ClNO2. The molecule has 0 aliphatic carbocycles. The summed E-state index contributed by atoms with van der Waals surface area (Å²) in [5, 5.41) is 13.0. The van der Waals surface area contributed by atoms with Gasteiger partial charge in [-0.1, -0.05) is 41.9 Å². The first-order valence-electron chi connectivity index (χ1n) is 5.46. The zero-order valence-corrected chi connectivity index (χ0v) is 10.3. The van der Waals surface area contributed by atoms with E-state index in [4.69, 9.17) is 11.6 Å². The van der Waals surface area contributed by atoms with Gasteiger partial charge in [-0.25, -0.2) is 0 Å². The second-order valence-electron chi connectivity index (χ2n) is 3.81.